The van der Waals surface area contributed by atoms with Crippen molar-refractivity contribution in [2.24, 2.45) is 4.99 Å². The predicted molar refractivity (Wildman–Crippen MR) is 102 cm³/mol. The number of aliphatic imine (C=N–C) groups is 1. The van der Waals surface area contributed by atoms with Gasteiger partial charge in [-0.3, -0.25) is 9.89 Å². The Morgan fingerprint density at radius 1 is 1.09 bits per heavy atom. The van der Waals surface area contributed by atoms with Gasteiger partial charge in [-0.15, -0.1) is 0 Å². The van der Waals surface area contributed by atoms with Gasteiger partial charge in [0.2, 0.25) is 0 Å². The van der Waals surface area contributed by atoms with Gasteiger partial charge in [-0.1, -0.05) is 30.3 Å². The first-order valence-corrected chi connectivity index (χ1v) is 8.66. The van der Waals surface area contributed by atoms with Crippen LogP contribution in [0.15, 0.2) is 35.3 Å². The summed E-state index contributed by atoms with van der Waals surface area (Å²) in [5, 5.41) is 0. The molecule has 0 unspecified atom stereocenters. The van der Waals surface area contributed by atoms with Gasteiger partial charge in [0.05, 0.1) is 6.04 Å². The van der Waals surface area contributed by atoms with Gasteiger partial charge in [0.25, 0.3) is 0 Å². The van der Waals surface area contributed by atoms with Crippen LogP contribution in [-0.4, -0.2) is 35.3 Å². The molecule has 0 amide bonds. The van der Waals surface area contributed by atoms with Crippen molar-refractivity contribution < 1.29 is 0 Å². The first kappa shape index (κ1) is 17.9. The number of hydrogen-bond donors (Lipinski definition) is 0. The number of benzene rings is 1. The Morgan fingerprint density at radius 2 is 1.61 bits per heavy atom. The third kappa shape index (κ3) is 4.11. The molecule has 126 valence electrons. The zero-order valence-electron chi connectivity index (χ0n) is 15.9. The summed E-state index contributed by atoms with van der Waals surface area (Å²) in [6.07, 6.45) is 6.42. The van der Waals surface area contributed by atoms with E-state index < -0.39 is 0 Å². The van der Waals surface area contributed by atoms with E-state index in [0.717, 1.165) is 12.8 Å². The van der Waals surface area contributed by atoms with Crippen molar-refractivity contribution in [3.05, 3.63) is 41.5 Å². The molecule has 0 radical (unpaired) electrons. The van der Waals surface area contributed by atoms with Crippen molar-refractivity contribution in [3.63, 3.8) is 0 Å². The largest absolute Gasteiger partial charge is 0.296 e. The van der Waals surface area contributed by atoms with Crippen LogP contribution in [0.25, 0.3) is 5.57 Å². The number of hydrogen-bond acceptors (Lipinski definition) is 2. The average molecular weight is 313 g/mol. The van der Waals surface area contributed by atoms with Crippen molar-refractivity contribution in [1.82, 2.24) is 4.90 Å². The molecule has 1 aliphatic rings. The topological polar surface area (TPSA) is 15.6 Å². The molecule has 1 aromatic rings. The Bertz CT molecular complexity index is 573. The molecule has 0 bridgehead atoms. The minimum absolute atomic E-state index is 0.191. The number of piperidine rings is 1. The molecule has 0 aliphatic carbocycles. The minimum atomic E-state index is 0.191. The van der Waals surface area contributed by atoms with E-state index in [9.17, 15) is 0 Å². The Kier molecular flexibility index (Phi) is 5.15. The summed E-state index contributed by atoms with van der Waals surface area (Å²) in [5.41, 5.74) is 4.17. The lowest BCUT2D eigenvalue weighted by Crippen LogP contribution is -2.59. The first-order valence-electron chi connectivity index (χ1n) is 8.66. The molecule has 2 nitrogen and oxygen atoms in total. The van der Waals surface area contributed by atoms with Crippen LogP contribution in [0, 0.1) is 0 Å². The van der Waals surface area contributed by atoms with Gasteiger partial charge in [-0.2, -0.15) is 0 Å². The van der Waals surface area contributed by atoms with Crippen molar-refractivity contribution in [2.45, 2.75) is 71.5 Å². The normalized spacial score (nSPS) is 22.7. The van der Waals surface area contributed by atoms with E-state index in [4.69, 9.17) is 4.99 Å². The third-order valence-electron chi connectivity index (χ3n) is 5.52. The van der Waals surface area contributed by atoms with E-state index in [1.165, 1.54) is 16.7 Å². The maximum atomic E-state index is 4.91. The maximum absolute atomic E-state index is 4.91. The average Bonchev–Trinajstić information content (AvgIpc) is 2.50. The fourth-order valence-corrected chi connectivity index (χ4v) is 3.61. The lowest BCUT2D eigenvalue weighted by Gasteiger charge is -2.52. The molecule has 0 atom stereocenters. The summed E-state index contributed by atoms with van der Waals surface area (Å²) in [4.78, 5) is 7.41. The Hall–Kier alpha value is -1.41. The smallest absolute Gasteiger partial charge is 0.0534 e. The molecule has 1 fully saturated rings. The summed E-state index contributed by atoms with van der Waals surface area (Å²) < 4.78 is 0. The molecule has 23 heavy (non-hydrogen) atoms. The quantitative estimate of drug-likeness (QED) is 0.702. The van der Waals surface area contributed by atoms with Crippen molar-refractivity contribution >= 4 is 11.8 Å². The van der Waals surface area contributed by atoms with Crippen LogP contribution >= 0.6 is 0 Å². The van der Waals surface area contributed by atoms with Gasteiger partial charge in [-0.25, -0.2) is 0 Å². The number of nitrogens with zero attached hydrogens (tertiary/aromatic N) is 2. The van der Waals surface area contributed by atoms with E-state index in [-0.39, 0.29) is 11.1 Å². The predicted octanol–water partition coefficient (Wildman–Crippen LogP) is 5.18. The van der Waals surface area contributed by atoms with Crippen LogP contribution in [0.4, 0.5) is 0 Å². The fraction of sp³-hybridized carbons (Fsp3) is 0.571. The summed E-state index contributed by atoms with van der Waals surface area (Å²) in [6.45, 7) is 13.5. The second-order valence-corrected chi connectivity index (χ2v) is 8.12. The van der Waals surface area contributed by atoms with Gasteiger partial charge in [0.15, 0.2) is 0 Å². The molecule has 0 aromatic heterocycles. The van der Waals surface area contributed by atoms with Crippen LogP contribution in [0.3, 0.4) is 0 Å². The van der Waals surface area contributed by atoms with Crippen LogP contribution in [0.1, 0.15) is 65.5 Å². The Labute approximate surface area is 142 Å². The lowest BCUT2D eigenvalue weighted by atomic mass is 9.78. The Morgan fingerprint density at radius 3 is 2.09 bits per heavy atom. The molecule has 0 N–H and O–H groups in total. The fourth-order valence-electron chi connectivity index (χ4n) is 3.61. The summed E-state index contributed by atoms with van der Waals surface area (Å²) in [6, 6.07) is 9.08. The van der Waals surface area contributed by atoms with Gasteiger partial charge < -0.3 is 0 Å². The molecule has 2 heteroatoms. The van der Waals surface area contributed by atoms with Crippen molar-refractivity contribution in [2.75, 3.05) is 7.05 Å². The molecule has 1 aliphatic heterocycles. The summed E-state index contributed by atoms with van der Waals surface area (Å²) >= 11 is 0. The summed E-state index contributed by atoms with van der Waals surface area (Å²) in [5.74, 6) is 0. The maximum Gasteiger partial charge on any atom is 0.0534 e. The standard InChI is InChI=1S/C21H32N2/c1-8-16(2)18-11-9-17(10-12-18)15-22-19-13-20(3,4)23(7)21(5,6)14-19/h8-12,15,19H,13-14H2,1-7H3/b16-8-,22-15?. The highest BCUT2D eigenvalue weighted by Crippen LogP contribution is 2.38. The molecule has 0 saturated carbocycles. The highest BCUT2D eigenvalue weighted by molar-refractivity contribution is 5.80. The molecule has 1 saturated heterocycles. The first-order chi connectivity index (χ1) is 10.7. The molecular weight excluding hydrogens is 280 g/mol. The molecule has 1 heterocycles. The van der Waals surface area contributed by atoms with Crippen molar-refractivity contribution in [3.8, 4) is 0 Å². The molecule has 1 aromatic carbocycles. The second-order valence-electron chi connectivity index (χ2n) is 8.12. The zero-order valence-corrected chi connectivity index (χ0v) is 15.9. The van der Waals surface area contributed by atoms with E-state index in [1.807, 2.05) is 0 Å². The van der Waals surface area contributed by atoms with Crippen LogP contribution in [-0.2, 0) is 0 Å². The van der Waals surface area contributed by atoms with Gasteiger partial charge in [0.1, 0.15) is 0 Å². The van der Waals surface area contributed by atoms with E-state index in [2.05, 4.69) is 90.0 Å². The van der Waals surface area contributed by atoms with Gasteiger partial charge >= 0.3 is 0 Å². The van der Waals surface area contributed by atoms with E-state index >= 15 is 0 Å². The van der Waals surface area contributed by atoms with E-state index in [0.29, 0.717) is 6.04 Å². The number of allylic oxidation sites excluding steroid dienone is 2. The number of likely N-dealkylation sites (tertiary alicyclic amines) is 1. The molecule has 0 spiro atoms. The van der Waals surface area contributed by atoms with Crippen LogP contribution in [0.2, 0.25) is 0 Å². The van der Waals surface area contributed by atoms with Crippen molar-refractivity contribution in [1.29, 1.82) is 0 Å². The van der Waals surface area contributed by atoms with Gasteiger partial charge in [0, 0.05) is 17.3 Å². The van der Waals surface area contributed by atoms with E-state index in [1.54, 1.807) is 0 Å². The molecule has 2 rings (SSSR count). The second kappa shape index (κ2) is 6.60. The molecular formula is C21H32N2. The highest BCUT2D eigenvalue weighted by Gasteiger charge is 2.42. The van der Waals surface area contributed by atoms with Gasteiger partial charge in [-0.05, 0) is 78.1 Å². The highest BCUT2D eigenvalue weighted by atomic mass is 15.2. The third-order valence-corrected chi connectivity index (χ3v) is 5.52. The SMILES string of the molecule is C/C=C(/C)c1ccc(C=NC2CC(C)(C)N(C)C(C)(C)C2)cc1. The zero-order chi connectivity index (χ0) is 17.3. The summed E-state index contributed by atoms with van der Waals surface area (Å²) in [7, 11) is 2.24. The minimum Gasteiger partial charge on any atom is -0.296 e. The van der Waals surface area contributed by atoms with Crippen LogP contribution in [0.5, 0.6) is 0 Å². The number of rotatable bonds is 3. The van der Waals surface area contributed by atoms with Crippen LogP contribution < -0.4 is 0 Å². The lowest BCUT2D eigenvalue weighted by molar-refractivity contribution is -0.0106. The Balaban J connectivity index is 2.11. The monoisotopic (exact) mass is 312 g/mol.